The van der Waals surface area contributed by atoms with Gasteiger partial charge in [0.15, 0.2) is 0 Å². The van der Waals surface area contributed by atoms with Crippen molar-refractivity contribution in [2.75, 3.05) is 18.0 Å². The summed E-state index contributed by atoms with van der Waals surface area (Å²) in [7, 11) is 0. The van der Waals surface area contributed by atoms with Gasteiger partial charge in [-0.25, -0.2) is 9.97 Å². The summed E-state index contributed by atoms with van der Waals surface area (Å²) in [6.45, 7) is 9.06. The van der Waals surface area contributed by atoms with E-state index >= 15 is 0 Å². The van der Waals surface area contributed by atoms with Crippen LogP contribution in [0.1, 0.15) is 25.8 Å². The molecule has 0 radical (unpaired) electrons. The van der Waals surface area contributed by atoms with Crippen molar-refractivity contribution in [1.29, 1.82) is 0 Å². The van der Waals surface area contributed by atoms with Crippen molar-refractivity contribution in [3.8, 4) is 0 Å². The number of anilines is 1. The number of hydrogen-bond acceptors (Lipinski definition) is 4. The first kappa shape index (κ1) is 11.9. The summed E-state index contributed by atoms with van der Waals surface area (Å²) in [5.41, 5.74) is 1.30. The van der Waals surface area contributed by atoms with Gasteiger partial charge in [0.25, 0.3) is 0 Å². The lowest BCUT2D eigenvalue weighted by Gasteiger charge is -2.36. The van der Waals surface area contributed by atoms with E-state index in [0.717, 1.165) is 35.6 Å². The summed E-state index contributed by atoms with van der Waals surface area (Å²) in [5, 5.41) is 3.43. The number of hydrogen-bond donors (Lipinski definition) is 0. The molecule has 3 nitrogen and oxygen atoms in total. The SMILES string of the molecule is Cc1csc2ncnc(N3CC(C)CC(C)C3)c12. The number of aromatic nitrogens is 2. The molecule has 18 heavy (non-hydrogen) atoms. The van der Waals surface area contributed by atoms with Crippen LogP contribution >= 0.6 is 11.3 Å². The van der Waals surface area contributed by atoms with Gasteiger partial charge in [0.05, 0.1) is 5.39 Å². The van der Waals surface area contributed by atoms with Gasteiger partial charge in [-0.05, 0) is 36.1 Å². The van der Waals surface area contributed by atoms with Crippen LogP contribution in [-0.4, -0.2) is 23.1 Å². The van der Waals surface area contributed by atoms with Crippen molar-refractivity contribution in [2.45, 2.75) is 27.2 Å². The second-order valence-corrected chi connectivity index (χ2v) is 6.51. The number of fused-ring (bicyclic) bond motifs is 1. The average molecular weight is 261 g/mol. The molecule has 1 aliphatic rings. The molecule has 2 unspecified atom stereocenters. The molecule has 4 heteroatoms. The first-order chi connectivity index (χ1) is 8.65. The molecule has 2 aromatic rings. The van der Waals surface area contributed by atoms with Crippen molar-refractivity contribution in [3.05, 3.63) is 17.3 Å². The average Bonchev–Trinajstić information content (AvgIpc) is 2.70. The second-order valence-electron chi connectivity index (χ2n) is 5.65. The quantitative estimate of drug-likeness (QED) is 0.787. The van der Waals surface area contributed by atoms with Crippen LogP contribution in [0.5, 0.6) is 0 Å². The van der Waals surface area contributed by atoms with Gasteiger partial charge in [0, 0.05) is 13.1 Å². The van der Waals surface area contributed by atoms with E-state index in [4.69, 9.17) is 0 Å². The van der Waals surface area contributed by atoms with Crippen LogP contribution in [0.15, 0.2) is 11.7 Å². The third-order valence-electron chi connectivity index (χ3n) is 3.70. The molecule has 0 saturated carbocycles. The Morgan fingerprint density at radius 2 is 1.94 bits per heavy atom. The van der Waals surface area contributed by atoms with Gasteiger partial charge in [0.2, 0.25) is 0 Å². The van der Waals surface area contributed by atoms with E-state index in [-0.39, 0.29) is 0 Å². The van der Waals surface area contributed by atoms with Crippen LogP contribution in [0.2, 0.25) is 0 Å². The summed E-state index contributed by atoms with van der Waals surface area (Å²) in [6, 6.07) is 0. The number of aryl methyl sites for hydroxylation is 1. The monoisotopic (exact) mass is 261 g/mol. The summed E-state index contributed by atoms with van der Waals surface area (Å²) in [6.07, 6.45) is 3.03. The maximum atomic E-state index is 4.55. The van der Waals surface area contributed by atoms with Gasteiger partial charge in [-0.1, -0.05) is 13.8 Å². The minimum Gasteiger partial charge on any atom is -0.355 e. The van der Waals surface area contributed by atoms with E-state index in [1.807, 2.05) is 0 Å². The normalized spacial score (nSPS) is 24.7. The van der Waals surface area contributed by atoms with Crippen molar-refractivity contribution < 1.29 is 0 Å². The Morgan fingerprint density at radius 1 is 1.22 bits per heavy atom. The zero-order valence-corrected chi connectivity index (χ0v) is 12.0. The molecule has 0 spiro atoms. The second kappa shape index (κ2) is 4.50. The van der Waals surface area contributed by atoms with E-state index in [1.54, 1.807) is 17.7 Å². The Hall–Kier alpha value is -1.16. The summed E-state index contributed by atoms with van der Waals surface area (Å²) < 4.78 is 0. The van der Waals surface area contributed by atoms with Gasteiger partial charge in [-0.3, -0.25) is 0 Å². The molecule has 0 amide bonds. The summed E-state index contributed by atoms with van der Waals surface area (Å²) in [4.78, 5) is 12.5. The van der Waals surface area contributed by atoms with E-state index in [1.165, 1.54) is 17.4 Å². The summed E-state index contributed by atoms with van der Waals surface area (Å²) >= 11 is 1.72. The Morgan fingerprint density at radius 3 is 2.67 bits per heavy atom. The van der Waals surface area contributed by atoms with Gasteiger partial charge in [0.1, 0.15) is 17.0 Å². The van der Waals surface area contributed by atoms with E-state index in [9.17, 15) is 0 Å². The first-order valence-corrected chi connectivity index (χ1v) is 7.47. The van der Waals surface area contributed by atoms with E-state index in [2.05, 4.69) is 41.0 Å². The predicted octanol–water partition coefficient (Wildman–Crippen LogP) is 3.48. The van der Waals surface area contributed by atoms with Crippen LogP contribution in [0.3, 0.4) is 0 Å². The Bertz CT molecular complexity index is 553. The molecule has 2 atom stereocenters. The Balaban J connectivity index is 2.05. The van der Waals surface area contributed by atoms with E-state index < -0.39 is 0 Å². The fourth-order valence-electron chi connectivity index (χ4n) is 3.07. The molecular weight excluding hydrogens is 242 g/mol. The van der Waals surface area contributed by atoms with Crippen LogP contribution in [-0.2, 0) is 0 Å². The number of piperidine rings is 1. The lowest BCUT2D eigenvalue weighted by molar-refractivity contribution is 0.356. The zero-order chi connectivity index (χ0) is 12.7. The number of thiophene rings is 1. The lowest BCUT2D eigenvalue weighted by Crippen LogP contribution is -2.39. The number of rotatable bonds is 1. The Labute approximate surface area is 112 Å². The third-order valence-corrected chi connectivity index (χ3v) is 4.71. The predicted molar refractivity (Wildman–Crippen MR) is 77.3 cm³/mol. The first-order valence-electron chi connectivity index (χ1n) is 6.59. The molecule has 1 aliphatic heterocycles. The smallest absolute Gasteiger partial charge is 0.141 e. The molecule has 1 saturated heterocycles. The highest BCUT2D eigenvalue weighted by atomic mass is 32.1. The van der Waals surface area contributed by atoms with Gasteiger partial charge < -0.3 is 4.90 Å². The van der Waals surface area contributed by atoms with Crippen molar-refractivity contribution >= 4 is 27.4 Å². The van der Waals surface area contributed by atoms with Crippen molar-refractivity contribution in [2.24, 2.45) is 11.8 Å². The number of nitrogens with zero attached hydrogens (tertiary/aromatic N) is 3. The Kier molecular flexibility index (Phi) is 2.98. The van der Waals surface area contributed by atoms with Gasteiger partial charge in [-0.2, -0.15) is 0 Å². The molecule has 1 fully saturated rings. The van der Waals surface area contributed by atoms with Gasteiger partial charge >= 0.3 is 0 Å². The molecule has 0 bridgehead atoms. The fraction of sp³-hybridized carbons (Fsp3) is 0.571. The van der Waals surface area contributed by atoms with Gasteiger partial charge in [-0.15, -0.1) is 11.3 Å². The highest BCUT2D eigenvalue weighted by Crippen LogP contribution is 2.33. The molecular formula is C14H19N3S. The molecule has 3 heterocycles. The molecule has 0 aliphatic carbocycles. The van der Waals surface area contributed by atoms with Crippen LogP contribution < -0.4 is 4.90 Å². The largest absolute Gasteiger partial charge is 0.355 e. The third kappa shape index (κ3) is 1.99. The van der Waals surface area contributed by atoms with Crippen molar-refractivity contribution in [1.82, 2.24) is 9.97 Å². The van der Waals surface area contributed by atoms with Crippen LogP contribution in [0, 0.1) is 18.8 Å². The molecule has 2 aromatic heterocycles. The highest BCUT2D eigenvalue weighted by molar-refractivity contribution is 7.17. The minimum absolute atomic E-state index is 0.748. The summed E-state index contributed by atoms with van der Waals surface area (Å²) in [5.74, 6) is 2.63. The lowest BCUT2D eigenvalue weighted by atomic mass is 9.92. The van der Waals surface area contributed by atoms with Crippen LogP contribution in [0.25, 0.3) is 10.2 Å². The topological polar surface area (TPSA) is 29.0 Å². The maximum absolute atomic E-state index is 4.55. The fourth-order valence-corrected chi connectivity index (χ4v) is 3.96. The minimum atomic E-state index is 0.748. The molecule has 3 rings (SSSR count). The van der Waals surface area contributed by atoms with Crippen molar-refractivity contribution in [3.63, 3.8) is 0 Å². The zero-order valence-electron chi connectivity index (χ0n) is 11.2. The molecule has 96 valence electrons. The van der Waals surface area contributed by atoms with E-state index in [0.29, 0.717) is 0 Å². The molecule has 0 N–H and O–H groups in total. The van der Waals surface area contributed by atoms with Crippen LogP contribution in [0.4, 0.5) is 5.82 Å². The standard InChI is InChI=1S/C14H19N3S/c1-9-4-10(2)6-17(5-9)13-12-11(3)7-18-14(12)16-8-15-13/h7-10H,4-6H2,1-3H3. The molecule has 0 aromatic carbocycles. The highest BCUT2D eigenvalue weighted by Gasteiger charge is 2.24. The maximum Gasteiger partial charge on any atom is 0.141 e.